The Hall–Kier alpha value is 0.310. The second-order valence-corrected chi connectivity index (χ2v) is 4.03. The molecule has 1 heterocycles. The van der Waals surface area contributed by atoms with Crippen LogP contribution in [-0.2, 0) is 0 Å². The molecule has 1 fully saturated rings. The zero-order valence-corrected chi connectivity index (χ0v) is 7.00. The van der Waals surface area contributed by atoms with Gasteiger partial charge in [0.25, 0.3) is 0 Å². The molecule has 0 aromatic rings. The standard InChI is InChI=1S/C7H15NS/c1-6(2)7-5-9-4-3-8-7/h6-8H,3-5H2,1-2H3/t7-/m1/s1. The van der Waals surface area contributed by atoms with Crippen LogP contribution in [0.4, 0.5) is 0 Å². The number of rotatable bonds is 1. The first kappa shape index (κ1) is 7.42. The molecule has 1 aliphatic heterocycles. The van der Waals surface area contributed by atoms with Crippen molar-refractivity contribution >= 4 is 11.8 Å². The van der Waals surface area contributed by atoms with Crippen molar-refractivity contribution in [3.05, 3.63) is 0 Å². The van der Waals surface area contributed by atoms with Crippen molar-refractivity contribution in [2.45, 2.75) is 19.9 Å². The van der Waals surface area contributed by atoms with E-state index in [0.717, 1.165) is 12.0 Å². The van der Waals surface area contributed by atoms with Gasteiger partial charge < -0.3 is 5.32 Å². The predicted octanol–water partition coefficient (Wildman–Crippen LogP) is 1.35. The van der Waals surface area contributed by atoms with E-state index in [0.29, 0.717) is 0 Å². The molecular formula is C7H15NS. The van der Waals surface area contributed by atoms with Gasteiger partial charge in [0.05, 0.1) is 0 Å². The highest BCUT2D eigenvalue weighted by atomic mass is 32.2. The van der Waals surface area contributed by atoms with Gasteiger partial charge in [-0.25, -0.2) is 0 Å². The van der Waals surface area contributed by atoms with Crippen LogP contribution in [0.5, 0.6) is 0 Å². The molecule has 0 radical (unpaired) electrons. The first-order valence-electron chi connectivity index (χ1n) is 3.62. The molecule has 1 saturated heterocycles. The van der Waals surface area contributed by atoms with Crippen LogP contribution in [0.25, 0.3) is 0 Å². The monoisotopic (exact) mass is 145 g/mol. The van der Waals surface area contributed by atoms with Crippen LogP contribution in [-0.4, -0.2) is 24.1 Å². The van der Waals surface area contributed by atoms with E-state index in [1.54, 1.807) is 0 Å². The van der Waals surface area contributed by atoms with E-state index in [9.17, 15) is 0 Å². The highest BCUT2D eigenvalue weighted by Gasteiger charge is 2.15. The van der Waals surface area contributed by atoms with E-state index >= 15 is 0 Å². The van der Waals surface area contributed by atoms with Crippen molar-refractivity contribution in [3.63, 3.8) is 0 Å². The molecule has 9 heavy (non-hydrogen) atoms. The van der Waals surface area contributed by atoms with Crippen molar-refractivity contribution in [3.8, 4) is 0 Å². The molecule has 0 unspecified atom stereocenters. The third-order valence-corrected chi connectivity index (χ3v) is 2.84. The van der Waals surface area contributed by atoms with Crippen molar-refractivity contribution in [1.82, 2.24) is 5.32 Å². The normalized spacial score (nSPS) is 29.0. The van der Waals surface area contributed by atoms with Gasteiger partial charge in [0.2, 0.25) is 0 Å². The molecule has 1 nitrogen and oxygen atoms in total. The van der Waals surface area contributed by atoms with Gasteiger partial charge in [0.15, 0.2) is 0 Å². The molecule has 0 aliphatic carbocycles. The number of hydrogen-bond donors (Lipinski definition) is 1. The van der Waals surface area contributed by atoms with Gasteiger partial charge in [-0.05, 0) is 5.92 Å². The Morgan fingerprint density at radius 2 is 2.33 bits per heavy atom. The molecule has 0 aromatic carbocycles. The molecule has 2 heteroatoms. The minimum absolute atomic E-state index is 0.767. The van der Waals surface area contributed by atoms with Crippen LogP contribution < -0.4 is 5.32 Å². The molecule has 0 bridgehead atoms. The largest absolute Gasteiger partial charge is 0.312 e. The number of nitrogens with one attached hydrogen (secondary N) is 1. The van der Waals surface area contributed by atoms with E-state index in [1.165, 1.54) is 18.1 Å². The first-order chi connectivity index (χ1) is 4.30. The van der Waals surface area contributed by atoms with E-state index in [2.05, 4.69) is 30.9 Å². The lowest BCUT2D eigenvalue weighted by Crippen LogP contribution is -2.40. The summed E-state index contributed by atoms with van der Waals surface area (Å²) < 4.78 is 0. The fraction of sp³-hybridized carbons (Fsp3) is 1.00. The lowest BCUT2D eigenvalue weighted by Gasteiger charge is -2.26. The fourth-order valence-electron chi connectivity index (χ4n) is 1.01. The molecule has 0 aromatic heterocycles. The molecule has 0 saturated carbocycles. The van der Waals surface area contributed by atoms with Gasteiger partial charge in [-0.1, -0.05) is 13.8 Å². The maximum atomic E-state index is 3.50. The Kier molecular flexibility index (Phi) is 2.86. The second kappa shape index (κ2) is 3.47. The van der Waals surface area contributed by atoms with Gasteiger partial charge >= 0.3 is 0 Å². The van der Waals surface area contributed by atoms with Crippen LogP contribution in [0.3, 0.4) is 0 Å². The Labute approximate surface area is 61.6 Å². The topological polar surface area (TPSA) is 12.0 Å². The zero-order chi connectivity index (χ0) is 6.69. The lowest BCUT2D eigenvalue weighted by molar-refractivity contribution is 0.437. The summed E-state index contributed by atoms with van der Waals surface area (Å²) in [7, 11) is 0. The summed E-state index contributed by atoms with van der Waals surface area (Å²) in [5, 5.41) is 3.50. The molecule has 1 rings (SSSR count). The molecule has 1 N–H and O–H groups in total. The molecular weight excluding hydrogens is 130 g/mol. The fourth-order valence-corrected chi connectivity index (χ4v) is 2.20. The molecule has 1 atom stereocenters. The second-order valence-electron chi connectivity index (χ2n) is 2.88. The van der Waals surface area contributed by atoms with Crippen molar-refractivity contribution in [2.24, 2.45) is 5.92 Å². The van der Waals surface area contributed by atoms with Crippen molar-refractivity contribution in [1.29, 1.82) is 0 Å². The van der Waals surface area contributed by atoms with Gasteiger partial charge in [-0.15, -0.1) is 0 Å². The smallest absolute Gasteiger partial charge is 0.0181 e. The van der Waals surface area contributed by atoms with Gasteiger partial charge in [0, 0.05) is 24.1 Å². The Morgan fingerprint density at radius 3 is 2.67 bits per heavy atom. The average Bonchev–Trinajstić information content (AvgIpc) is 1.90. The average molecular weight is 145 g/mol. The highest BCUT2D eigenvalue weighted by Crippen LogP contribution is 2.13. The highest BCUT2D eigenvalue weighted by molar-refractivity contribution is 7.99. The molecule has 0 amide bonds. The third kappa shape index (κ3) is 2.18. The summed E-state index contributed by atoms with van der Waals surface area (Å²) in [6.07, 6.45) is 0. The van der Waals surface area contributed by atoms with E-state index in [-0.39, 0.29) is 0 Å². The maximum Gasteiger partial charge on any atom is 0.0181 e. The molecule has 0 spiro atoms. The van der Waals surface area contributed by atoms with Gasteiger partial charge in [-0.3, -0.25) is 0 Å². The van der Waals surface area contributed by atoms with E-state index in [4.69, 9.17) is 0 Å². The summed E-state index contributed by atoms with van der Waals surface area (Å²) in [6.45, 7) is 5.76. The Balaban J connectivity index is 2.23. The first-order valence-corrected chi connectivity index (χ1v) is 4.77. The maximum absolute atomic E-state index is 3.50. The summed E-state index contributed by atoms with van der Waals surface area (Å²) in [6, 6.07) is 0.767. The number of hydrogen-bond acceptors (Lipinski definition) is 2. The van der Waals surface area contributed by atoms with Crippen LogP contribution in [0.2, 0.25) is 0 Å². The van der Waals surface area contributed by atoms with E-state index < -0.39 is 0 Å². The van der Waals surface area contributed by atoms with Crippen LogP contribution in [0.15, 0.2) is 0 Å². The van der Waals surface area contributed by atoms with E-state index in [1.807, 2.05) is 0 Å². The summed E-state index contributed by atoms with van der Waals surface area (Å²) in [5.74, 6) is 3.40. The lowest BCUT2D eigenvalue weighted by atomic mass is 10.1. The summed E-state index contributed by atoms with van der Waals surface area (Å²) >= 11 is 2.07. The Bertz CT molecular complexity index is 77.0. The molecule has 1 aliphatic rings. The van der Waals surface area contributed by atoms with Crippen LogP contribution in [0, 0.1) is 5.92 Å². The van der Waals surface area contributed by atoms with Crippen LogP contribution in [0.1, 0.15) is 13.8 Å². The van der Waals surface area contributed by atoms with Crippen LogP contribution >= 0.6 is 11.8 Å². The third-order valence-electron chi connectivity index (χ3n) is 1.76. The zero-order valence-electron chi connectivity index (χ0n) is 6.18. The minimum Gasteiger partial charge on any atom is -0.312 e. The predicted molar refractivity (Wildman–Crippen MR) is 44.0 cm³/mol. The van der Waals surface area contributed by atoms with Crippen molar-refractivity contribution < 1.29 is 0 Å². The van der Waals surface area contributed by atoms with Gasteiger partial charge in [0.1, 0.15) is 0 Å². The summed E-state index contributed by atoms with van der Waals surface area (Å²) in [5.41, 5.74) is 0. The molecule has 54 valence electrons. The Morgan fingerprint density at radius 1 is 1.56 bits per heavy atom. The SMILES string of the molecule is CC(C)[C@H]1CSCCN1. The minimum atomic E-state index is 0.767. The summed E-state index contributed by atoms with van der Waals surface area (Å²) in [4.78, 5) is 0. The number of thioether (sulfide) groups is 1. The van der Waals surface area contributed by atoms with Crippen molar-refractivity contribution in [2.75, 3.05) is 18.1 Å². The quantitative estimate of drug-likeness (QED) is 0.597. The van der Waals surface area contributed by atoms with Gasteiger partial charge in [-0.2, -0.15) is 11.8 Å².